The van der Waals surface area contributed by atoms with Crippen LogP contribution in [0, 0.1) is 0 Å². The zero-order chi connectivity index (χ0) is 16.2. The van der Waals surface area contributed by atoms with Crippen molar-refractivity contribution in [1.82, 2.24) is 4.90 Å². The van der Waals surface area contributed by atoms with E-state index in [0.717, 1.165) is 22.6 Å². The maximum absolute atomic E-state index is 12.3. The van der Waals surface area contributed by atoms with Gasteiger partial charge < -0.3 is 14.4 Å². The molecule has 1 fully saturated rings. The van der Waals surface area contributed by atoms with Crippen LogP contribution in [0.5, 0.6) is 11.5 Å². The van der Waals surface area contributed by atoms with E-state index in [9.17, 15) is 4.79 Å². The standard InChI is InChI=1S/C18H19NO3S/c1-21-15-7-3-13(4-8-15)11-19-17(20)12-23-18(19)14-5-9-16(22-2)10-6-14/h3-10,18H,11-12H2,1-2H3/t18-/m1/s1. The summed E-state index contributed by atoms with van der Waals surface area (Å²) in [5, 5.41) is 0.0514. The van der Waals surface area contributed by atoms with Crippen molar-refractivity contribution in [3.63, 3.8) is 0 Å². The van der Waals surface area contributed by atoms with Gasteiger partial charge in [-0.25, -0.2) is 0 Å². The monoisotopic (exact) mass is 329 g/mol. The van der Waals surface area contributed by atoms with Gasteiger partial charge in [-0.3, -0.25) is 4.79 Å². The van der Waals surface area contributed by atoms with Crippen LogP contribution < -0.4 is 9.47 Å². The Morgan fingerprint density at radius 2 is 1.57 bits per heavy atom. The van der Waals surface area contributed by atoms with Crippen molar-refractivity contribution in [2.24, 2.45) is 0 Å². The zero-order valence-electron chi connectivity index (χ0n) is 13.2. The first-order valence-corrected chi connectivity index (χ1v) is 8.44. The third-order valence-corrected chi connectivity index (χ3v) is 5.14. The predicted molar refractivity (Wildman–Crippen MR) is 91.7 cm³/mol. The lowest BCUT2D eigenvalue weighted by atomic mass is 10.1. The summed E-state index contributed by atoms with van der Waals surface area (Å²) in [6.07, 6.45) is 0. The lowest BCUT2D eigenvalue weighted by Gasteiger charge is -2.24. The van der Waals surface area contributed by atoms with E-state index in [2.05, 4.69) is 0 Å². The molecule has 3 rings (SSSR count). The van der Waals surface area contributed by atoms with Crippen molar-refractivity contribution in [2.75, 3.05) is 20.0 Å². The molecule has 4 nitrogen and oxygen atoms in total. The maximum atomic E-state index is 12.3. The number of amides is 1. The third kappa shape index (κ3) is 3.45. The Balaban J connectivity index is 1.78. The molecule has 1 atom stereocenters. The Morgan fingerprint density at radius 3 is 2.13 bits per heavy atom. The summed E-state index contributed by atoms with van der Waals surface area (Å²) >= 11 is 1.66. The minimum absolute atomic E-state index is 0.0514. The van der Waals surface area contributed by atoms with Crippen molar-refractivity contribution in [3.05, 3.63) is 59.7 Å². The maximum Gasteiger partial charge on any atom is 0.234 e. The second-order valence-electron chi connectivity index (χ2n) is 5.31. The summed E-state index contributed by atoms with van der Waals surface area (Å²) in [6, 6.07) is 15.8. The van der Waals surface area contributed by atoms with Crippen LogP contribution in [0.2, 0.25) is 0 Å². The van der Waals surface area contributed by atoms with Crippen molar-refractivity contribution in [1.29, 1.82) is 0 Å². The average Bonchev–Trinajstić information content (AvgIpc) is 2.96. The smallest absolute Gasteiger partial charge is 0.234 e. The van der Waals surface area contributed by atoms with Crippen LogP contribution in [0.25, 0.3) is 0 Å². The molecule has 0 spiro atoms. The van der Waals surface area contributed by atoms with Crippen molar-refractivity contribution in [2.45, 2.75) is 11.9 Å². The van der Waals surface area contributed by atoms with Gasteiger partial charge >= 0.3 is 0 Å². The Bertz CT molecular complexity index is 670. The van der Waals surface area contributed by atoms with Gasteiger partial charge in [0.25, 0.3) is 0 Å². The summed E-state index contributed by atoms with van der Waals surface area (Å²) in [4.78, 5) is 14.2. The van der Waals surface area contributed by atoms with Gasteiger partial charge in [-0.05, 0) is 35.4 Å². The quantitative estimate of drug-likeness (QED) is 0.842. The molecule has 0 aliphatic carbocycles. The van der Waals surface area contributed by atoms with E-state index in [-0.39, 0.29) is 11.3 Å². The molecule has 1 aliphatic heterocycles. The molecule has 120 valence electrons. The topological polar surface area (TPSA) is 38.8 Å². The van der Waals surface area contributed by atoms with Crippen molar-refractivity contribution < 1.29 is 14.3 Å². The number of hydrogen-bond donors (Lipinski definition) is 0. The van der Waals surface area contributed by atoms with Gasteiger partial charge in [-0.15, -0.1) is 11.8 Å². The molecule has 1 aliphatic rings. The minimum Gasteiger partial charge on any atom is -0.497 e. The molecule has 2 aromatic carbocycles. The van der Waals surface area contributed by atoms with E-state index >= 15 is 0 Å². The largest absolute Gasteiger partial charge is 0.497 e. The minimum atomic E-state index is 0.0514. The van der Waals surface area contributed by atoms with Gasteiger partial charge in [0, 0.05) is 6.54 Å². The van der Waals surface area contributed by atoms with Crippen LogP contribution in [0.4, 0.5) is 0 Å². The van der Waals surface area contributed by atoms with Gasteiger partial charge in [-0.1, -0.05) is 24.3 Å². The fourth-order valence-electron chi connectivity index (χ4n) is 2.60. The normalized spacial score (nSPS) is 17.4. The Kier molecular flexibility index (Phi) is 4.76. The van der Waals surface area contributed by atoms with Crippen molar-refractivity contribution >= 4 is 17.7 Å². The molecule has 0 bridgehead atoms. The van der Waals surface area contributed by atoms with E-state index in [1.807, 2.05) is 53.4 Å². The highest BCUT2D eigenvalue weighted by molar-refractivity contribution is 8.00. The van der Waals surface area contributed by atoms with Crippen LogP contribution in [-0.2, 0) is 11.3 Å². The Hall–Kier alpha value is -2.14. The predicted octanol–water partition coefficient (Wildman–Crippen LogP) is 3.48. The molecule has 1 amide bonds. The summed E-state index contributed by atoms with van der Waals surface area (Å²) in [6.45, 7) is 0.604. The molecule has 5 heteroatoms. The first kappa shape index (κ1) is 15.7. The van der Waals surface area contributed by atoms with E-state index in [1.165, 1.54) is 0 Å². The molecule has 0 aromatic heterocycles. The highest BCUT2D eigenvalue weighted by Gasteiger charge is 2.32. The number of rotatable bonds is 5. The first-order valence-electron chi connectivity index (χ1n) is 7.39. The molecule has 0 radical (unpaired) electrons. The average molecular weight is 329 g/mol. The number of benzene rings is 2. The number of nitrogens with zero attached hydrogens (tertiary/aromatic N) is 1. The number of methoxy groups -OCH3 is 2. The Morgan fingerprint density at radius 1 is 1.00 bits per heavy atom. The molecular formula is C18H19NO3S. The molecule has 2 aromatic rings. The van der Waals surface area contributed by atoms with Crippen LogP contribution >= 0.6 is 11.8 Å². The summed E-state index contributed by atoms with van der Waals surface area (Å²) in [5.41, 5.74) is 2.22. The van der Waals surface area contributed by atoms with Gasteiger partial charge in [0.05, 0.1) is 20.0 Å². The van der Waals surface area contributed by atoms with Gasteiger partial charge in [0.15, 0.2) is 0 Å². The number of carbonyl (C=O) groups is 1. The van der Waals surface area contributed by atoms with Gasteiger partial charge in [-0.2, -0.15) is 0 Å². The summed E-state index contributed by atoms with van der Waals surface area (Å²) < 4.78 is 10.4. The van der Waals surface area contributed by atoms with Crippen LogP contribution in [0.1, 0.15) is 16.5 Å². The molecular weight excluding hydrogens is 310 g/mol. The van der Waals surface area contributed by atoms with Crippen molar-refractivity contribution in [3.8, 4) is 11.5 Å². The van der Waals surface area contributed by atoms with E-state index in [0.29, 0.717) is 12.3 Å². The number of carbonyl (C=O) groups excluding carboxylic acids is 1. The molecule has 0 N–H and O–H groups in total. The van der Waals surface area contributed by atoms with Gasteiger partial charge in [0.1, 0.15) is 16.9 Å². The summed E-state index contributed by atoms with van der Waals surface area (Å²) in [7, 11) is 3.30. The number of hydrogen-bond acceptors (Lipinski definition) is 4. The van der Waals surface area contributed by atoms with E-state index in [4.69, 9.17) is 9.47 Å². The molecule has 1 heterocycles. The highest BCUT2D eigenvalue weighted by Crippen LogP contribution is 2.40. The molecule has 0 saturated carbocycles. The fourth-order valence-corrected chi connectivity index (χ4v) is 3.79. The second kappa shape index (κ2) is 6.96. The fraction of sp³-hybridized carbons (Fsp3) is 0.278. The third-order valence-electron chi connectivity index (χ3n) is 3.88. The number of thioether (sulfide) groups is 1. The molecule has 0 unspecified atom stereocenters. The lowest BCUT2D eigenvalue weighted by molar-refractivity contribution is -0.128. The Labute approximate surface area is 140 Å². The van der Waals surface area contributed by atoms with E-state index in [1.54, 1.807) is 26.0 Å². The van der Waals surface area contributed by atoms with Crippen LogP contribution in [-0.4, -0.2) is 30.8 Å². The second-order valence-corrected chi connectivity index (χ2v) is 6.37. The van der Waals surface area contributed by atoms with Gasteiger partial charge in [0.2, 0.25) is 5.91 Å². The first-order chi connectivity index (χ1) is 11.2. The number of ether oxygens (including phenoxy) is 2. The summed E-state index contributed by atoms with van der Waals surface area (Å²) in [5.74, 6) is 2.34. The van der Waals surface area contributed by atoms with Crippen LogP contribution in [0.3, 0.4) is 0 Å². The lowest BCUT2D eigenvalue weighted by Crippen LogP contribution is -2.27. The van der Waals surface area contributed by atoms with E-state index < -0.39 is 0 Å². The molecule has 23 heavy (non-hydrogen) atoms. The molecule has 1 saturated heterocycles. The SMILES string of the molecule is COc1ccc(CN2C(=O)CS[C@@H]2c2ccc(OC)cc2)cc1. The highest BCUT2D eigenvalue weighted by atomic mass is 32.2. The van der Waals surface area contributed by atoms with Crippen LogP contribution in [0.15, 0.2) is 48.5 Å². The zero-order valence-corrected chi connectivity index (χ0v) is 14.0.